The molecule has 0 radical (unpaired) electrons. The van der Waals surface area contributed by atoms with Gasteiger partial charge in [-0.15, -0.1) is 0 Å². The molecule has 18 heavy (non-hydrogen) atoms. The maximum absolute atomic E-state index is 12.3. The molecule has 1 aromatic heterocycles. The van der Waals surface area contributed by atoms with Crippen molar-refractivity contribution < 1.29 is 9.53 Å². The number of pyridine rings is 1. The van der Waals surface area contributed by atoms with Crippen LogP contribution in [0.25, 0.3) is 0 Å². The van der Waals surface area contributed by atoms with E-state index in [-0.39, 0.29) is 12.0 Å². The molecule has 1 amide bonds. The van der Waals surface area contributed by atoms with Crippen LogP contribution in [0, 0.1) is 6.92 Å². The van der Waals surface area contributed by atoms with E-state index in [1.165, 1.54) is 0 Å². The fourth-order valence-electron chi connectivity index (χ4n) is 1.89. The Morgan fingerprint density at radius 1 is 1.67 bits per heavy atom. The summed E-state index contributed by atoms with van der Waals surface area (Å²) in [6.07, 6.45) is 2.95. The van der Waals surface area contributed by atoms with Crippen molar-refractivity contribution in [2.45, 2.75) is 13.0 Å². The van der Waals surface area contributed by atoms with Gasteiger partial charge in [0.05, 0.1) is 13.2 Å². The normalized spacial score (nSPS) is 19.6. The summed E-state index contributed by atoms with van der Waals surface area (Å²) in [6.45, 7) is 3.29. The number of carbonyl (C=O) groups is 1. The first-order valence-corrected chi connectivity index (χ1v) is 6.11. The molecule has 1 atom stereocenters. The molecule has 0 saturated carbocycles. The quantitative estimate of drug-likeness (QED) is 0.789. The van der Waals surface area contributed by atoms with Crippen LogP contribution in [0.15, 0.2) is 18.5 Å². The van der Waals surface area contributed by atoms with E-state index in [9.17, 15) is 4.79 Å². The van der Waals surface area contributed by atoms with Gasteiger partial charge in [-0.2, -0.15) is 0 Å². The highest BCUT2D eigenvalue weighted by atomic mass is 32.1. The Hall–Kier alpha value is -1.53. The van der Waals surface area contributed by atoms with Gasteiger partial charge in [-0.05, 0) is 18.6 Å². The van der Waals surface area contributed by atoms with Crippen molar-refractivity contribution in [2.24, 2.45) is 5.73 Å². The Morgan fingerprint density at radius 2 is 2.44 bits per heavy atom. The van der Waals surface area contributed by atoms with Crippen LogP contribution in [-0.2, 0) is 4.74 Å². The highest BCUT2D eigenvalue weighted by Crippen LogP contribution is 2.13. The molecular weight excluding hydrogens is 250 g/mol. The molecule has 0 aliphatic carbocycles. The number of ether oxygens (including phenoxy) is 1. The number of carbonyl (C=O) groups excluding carboxylic acids is 1. The van der Waals surface area contributed by atoms with E-state index in [1.54, 1.807) is 23.4 Å². The Kier molecular flexibility index (Phi) is 3.88. The first-order valence-electron chi connectivity index (χ1n) is 5.70. The minimum atomic E-state index is -0.347. The van der Waals surface area contributed by atoms with Crippen molar-refractivity contribution in [3.63, 3.8) is 0 Å². The molecule has 1 unspecified atom stereocenters. The van der Waals surface area contributed by atoms with E-state index in [0.717, 1.165) is 5.56 Å². The molecule has 0 bridgehead atoms. The average molecular weight is 265 g/mol. The van der Waals surface area contributed by atoms with Gasteiger partial charge < -0.3 is 15.4 Å². The van der Waals surface area contributed by atoms with E-state index >= 15 is 0 Å². The van der Waals surface area contributed by atoms with Crippen LogP contribution < -0.4 is 5.73 Å². The maximum Gasteiger partial charge on any atom is 0.254 e. The summed E-state index contributed by atoms with van der Waals surface area (Å²) >= 11 is 4.90. The molecule has 2 N–H and O–H groups in total. The number of thiocarbonyl (C=S) groups is 1. The zero-order chi connectivity index (χ0) is 13.1. The van der Waals surface area contributed by atoms with Gasteiger partial charge in [-0.25, -0.2) is 0 Å². The first-order chi connectivity index (χ1) is 8.59. The number of nitrogens with two attached hydrogens (primary N) is 1. The van der Waals surface area contributed by atoms with Gasteiger partial charge in [0.25, 0.3) is 5.91 Å². The number of hydrogen-bond donors (Lipinski definition) is 1. The van der Waals surface area contributed by atoms with Crippen LogP contribution in [0.2, 0.25) is 0 Å². The second kappa shape index (κ2) is 5.41. The number of amides is 1. The minimum Gasteiger partial charge on any atom is -0.391 e. The summed E-state index contributed by atoms with van der Waals surface area (Å²) in [7, 11) is 0. The van der Waals surface area contributed by atoms with E-state index in [2.05, 4.69) is 4.98 Å². The van der Waals surface area contributed by atoms with Crippen LogP contribution in [0.3, 0.4) is 0 Å². The van der Waals surface area contributed by atoms with Crippen molar-refractivity contribution in [3.05, 3.63) is 29.6 Å². The predicted molar refractivity (Wildman–Crippen MR) is 71.4 cm³/mol. The number of nitrogens with zero attached hydrogens (tertiary/aromatic N) is 2. The van der Waals surface area contributed by atoms with Gasteiger partial charge in [-0.1, -0.05) is 12.2 Å². The maximum atomic E-state index is 12.3. The van der Waals surface area contributed by atoms with E-state index in [0.29, 0.717) is 30.2 Å². The third kappa shape index (κ3) is 2.65. The number of morpholine rings is 1. The van der Waals surface area contributed by atoms with E-state index in [4.69, 9.17) is 22.7 Å². The van der Waals surface area contributed by atoms with Crippen LogP contribution in [0.1, 0.15) is 15.9 Å². The van der Waals surface area contributed by atoms with Gasteiger partial charge in [0, 0.05) is 24.5 Å². The zero-order valence-electron chi connectivity index (χ0n) is 10.1. The van der Waals surface area contributed by atoms with Gasteiger partial charge in [0.2, 0.25) is 0 Å². The SMILES string of the molecule is Cc1cnccc1C(=O)N1CCOC(C(N)=S)C1. The standard InChI is InChI=1S/C12H15N3O2S/c1-8-6-14-3-2-9(8)12(16)15-4-5-17-10(7-15)11(13)18/h2-3,6,10H,4-5,7H2,1H3,(H2,13,18). The lowest BCUT2D eigenvalue weighted by molar-refractivity contribution is 0.00874. The van der Waals surface area contributed by atoms with Gasteiger partial charge in [-0.3, -0.25) is 9.78 Å². The molecule has 1 aromatic rings. The Balaban J connectivity index is 2.14. The van der Waals surface area contributed by atoms with Gasteiger partial charge >= 0.3 is 0 Å². The van der Waals surface area contributed by atoms with Crippen LogP contribution in [0.5, 0.6) is 0 Å². The van der Waals surface area contributed by atoms with Crippen LogP contribution >= 0.6 is 12.2 Å². The third-order valence-electron chi connectivity index (χ3n) is 2.92. The molecule has 0 spiro atoms. The fraction of sp³-hybridized carbons (Fsp3) is 0.417. The highest BCUT2D eigenvalue weighted by molar-refractivity contribution is 7.80. The summed E-state index contributed by atoms with van der Waals surface area (Å²) in [4.78, 5) is 18.3. The molecule has 5 nitrogen and oxygen atoms in total. The summed E-state index contributed by atoms with van der Waals surface area (Å²) < 4.78 is 5.41. The predicted octanol–water partition coefficient (Wildman–Crippen LogP) is 0.517. The van der Waals surface area contributed by atoms with E-state index < -0.39 is 0 Å². The molecule has 0 aromatic carbocycles. The molecular formula is C12H15N3O2S. The number of rotatable bonds is 2. The Morgan fingerprint density at radius 3 is 3.11 bits per heavy atom. The number of aryl methyl sites for hydroxylation is 1. The topological polar surface area (TPSA) is 68.5 Å². The molecule has 1 saturated heterocycles. The molecule has 6 heteroatoms. The van der Waals surface area contributed by atoms with Crippen molar-refractivity contribution in [1.29, 1.82) is 0 Å². The Labute approximate surface area is 111 Å². The molecule has 2 heterocycles. The molecule has 1 aliphatic rings. The van der Waals surface area contributed by atoms with E-state index in [1.807, 2.05) is 6.92 Å². The van der Waals surface area contributed by atoms with Crippen molar-refractivity contribution >= 4 is 23.1 Å². The van der Waals surface area contributed by atoms with Gasteiger partial charge in [0.15, 0.2) is 0 Å². The van der Waals surface area contributed by atoms with Gasteiger partial charge in [0.1, 0.15) is 11.1 Å². The summed E-state index contributed by atoms with van der Waals surface area (Å²) in [5, 5.41) is 0. The monoisotopic (exact) mass is 265 g/mol. The molecule has 1 aliphatic heterocycles. The second-order valence-electron chi connectivity index (χ2n) is 4.20. The highest BCUT2D eigenvalue weighted by Gasteiger charge is 2.27. The first kappa shape index (κ1) is 12.9. The number of aromatic nitrogens is 1. The largest absolute Gasteiger partial charge is 0.391 e. The molecule has 2 rings (SSSR count). The summed E-state index contributed by atoms with van der Waals surface area (Å²) in [5.41, 5.74) is 7.08. The summed E-state index contributed by atoms with van der Waals surface area (Å²) in [6, 6.07) is 1.73. The van der Waals surface area contributed by atoms with Crippen molar-refractivity contribution in [3.8, 4) is 0 Å². The smallest absolute Gasteiger partial charge is 0.254 e. The zero-order valence-corrected chi connectivity index (χ0v) is 10.9. The fourth-order valence-corrected chi connectivity index (χ4v) is 2.03. The number of hydrogen-bond acceptors (Lipinski definition) is 4. The lowest BCUT2D eigenvalue weighted by atomic mass is 10.1. The average Bonchev–Trinajstić information content (AvgIpc) is 2.38. The third-order valence-corrected chi connectivity index (χ3v) is 3.18. The Bertz CT molecular complexity index is 478. The second-order valence-corrected chi connectivity index (χ2v) is 4.67. The molecule has 1 fully saturated rings. The summed E-state index contributed by atoms with van der Waals surface area (Å²) in [5.74, 6) is -0.0283. The molecule has 96 valence electrons. The van der Waals surface area contributed by atoms with Crippen LogP contribution in [-0.4, -0.2) is 46.6 Å². The lowest BCUT2D eigenvalue weighted by Crippen LogP contribution is -2.50. The lowest BCUT2D eigenvalue weighted by Gasteiger charge is -2.32. The van der Waals surface area contributed by atoms with Crippen LogP contribution in [0.4, 0.5) is 0 Å². The minimum absolute atomic E-state index is 0.0283. The van der Waals surface area contributed by atoms with Crippen molar-refractivity contribution in [1.82, 2.24) is 9.88 Å². The van der Waals surface area contributed by atoms with Crippen molar-refractivity contribution in [2.75, 3.05) is 19.7 Å².